The lowest BCUT2D eigenvalue weighted by molar-refractivity contribution is 0.188. The van der Waals surface area contributed by atoms with Crippen LogP contribution < -0.4 is 19.7 Å². The Morgan fingerprint density at radius 3 is 2.59 bits per heavy atom. The van der Waals surface area contributed by atoms with Crippen LogP contribution in [0.5, 0.6) is 17.6 Å². The number of phenols is 1. The third-order valence-electron chi connectivity index (χ3n) is 8.52. The van der Waals surface area contributed by atoms with Gasteiger partial charge in [-0.1, -0.05) is 24.3 Å². The van der Waals surface area contributed by atoms with Crippen LogP contribution in [0.1, 0.15) is 25.7 Å². The summed E-state index contributed by atoms with van der Waals surface area (Å²) in [6.45, 7) is 3.39. The number of methoxy groups -OCH3 is 1. The van der Waals surface area contributed by atoms with Crippen LogP contribution in [0.4, 0.5) is 5.82 Å². The van der Waals surface area contributed by atoms with Crippen LogP contribution in [-0.2, 0) is 0 Å². The van der Waals surface area contributed by atoms with E-state index < -0.39 is 0 Å². The van der Waals surface area contributed by atoms with E-state index in [1.165, 1.54) is 19.3 Å². The second-order valence-corrected chi connectivity index (χ2v) is 11.1. The molecule has 0 spiro atoms. The van der Waals surface area contributed by atoms with Gasteiger partial charge in [-0.2, -0.15) is 9.97 Å². The zero-order valence-electron chi connectivity index (χ0n) is 22.4. The summed E-state index contributed by atoms with van der Waals surface area (Å²) in [4.78, 5) is 19.5. The predicted molar refractivity (Wildman–Crippen MR) is 152 cm³/mol. The van der Waals surface area contributed by atoms with E-state index in [0.717, 1.165) is 53.8 Å². The molecule has 2 aromatic heterocycles. The molecule has 202 valence electrons. The first-order chi connectivity index (χ1) is 19.1. The maximum Gasteiger partial charge on any atom is 0.319 e. The number of aromatic nitrogens is 3. The number of nitrogens with one attached hydrogen (secondary N) is 1. The SMILES string of the molecule is COc1nc2c(N3CC4CCC(C3)N4)nc(OC[C@@H]3CCCN3C)nc2cc1-c1cc(O)cc2ccccc12. The van der Waals surface area contributed by atoms with Crippen LogP contribution in [0.3, 0.4) is 0 Å². The number of benzene rings is 2. The highest BCUT2D eigenvalue weighted by Crippen LogP contribution is 2.40. The molecule has 0 saturated carbocycles. The number of piperazine rings is 1. The molecule has 9 heteroatoms. The van der Waals surface area contributed by atoms with Gasteiger partial charge < -0.3 is 29.7 Å². The molecule has 39 heavy (non-hydrogen) atoms. The topological polar surface area (TPSA) is 95.9 Å². The van der Waals surface area contributed by atoms with Crippen molar-refractivity contribution in [2.24, 2.45) is 0 Å². The van der Waals surface area contributed by atoms with Gasteiger partial charge in [-0.05, 0) is 73.8 Å². The number of pyridine rings is 1. The highest BCUT2D eigenvalue weighted by Gasteiger charge is 2.34. The summed E-state index contributed by atoms with van der Waals surface area (Å²) in [7, 11) is 3.77. The molecule has 3 fully saturated rings. The second kappa shape index (κ2) is 9.81. The van der Waals surface area contributed by atoms with Crippen molar-refractivity contribution in [1.29, 1.82) is 0 Å². The van der Waals surface area contributed by atoms with Crippen molar-refractivity contribution in [3.8, 4) is 28.8 Å². The van der Waals surface area contributed by atoms with E-state index in [9.17, 15) is 5.11 Å². The molecular formula is C30H34N6O3. The monoisotopic (exact) mass is 526 g/mol. The fourth-order valence-corrected chi connectivity index (χ4v) is 6.49. The van der Waals surface area contributed by atoms with E-state index in [0.29, 0.717) is 47.7 Å². The Morgan fingerprint density at radius 2 is 1.82 bits per heavy atom. The quantitative estimate of drug-likeness (QED) is 0.387. The molecule has 2 bridgehead atoms. The standard InChI is InChI=1S/C30H34N6O3/c1-35-11-5-7-21(35)17-39-30-32-26-14-25(24-13-22(37)12-18-6-3-4-8-23(18)24)29(38-2)33-27(26)28(34-30)36-15-19-9-10-20(16-36)31-19/h3-4,6,8,12-14,19-21,31,37H,5,7,9-11,15-17H2,1-2H3/t19?,20?,21-/m0/s1. The van der Waals surface area contributed by atoms with Crippen molar-refractivity contribution in [1.82, 2.24) is 25.2 Å². The van der Waals surface area contributed by atoms with Crippen LogP contribution in [0.2, 0.25) is 0 Å². The molecule has 5 heterocycles. The van der Waals surface area contributed by atoms with Gasteiger partial charge in [0.05, 0.1) is 12.6 Å². The fraction of sp³-hybridized carbons (Fsp3) is 0.433. The summed E-state index contributed by atoms with van der Waals surface area (Å²) in [5.41, 5.74) is 3.01. The minimum atomic E-state index is 0.190. The molecule has 3 aliphatic rings. The van der Waals surface area contributed by atoms with E-state index in [2.05, 4.69) is 22.2 Å². The number of ether oxygens (including phenoxy) is 2. The van der Waals surface area contributed by atoms with Crippen molar-refractivity contribution < 1.29 is 14.6 Å². The highest BCUT2D eigenvalue weighted by atomic mass is 16.5. The normalized spacial score (nSPS) is 23.1. The summed E-state index contributed by atoms with van der Waals surface area (Å²) in [6.07, 6.45) is 4.65. The zero-order valence-corrected chi connectivity index (χ0v) is 22.4. The lowest BCUT2D eigenvalue weighted by Crippen LogP contribution is -2.51. The van der Waals surface area contributed by atoms with Crippen molar-refractivity contribution >= 4 is 27.6 Å². The number of likely N-dealkylation sites (tertiary alicyclic amines) is 1. The highest BCUT2D eigenvalue weighted by molar-refractivity contribution is 6.01. The van der Waals surface area contributed by atoms with Crippen LogP contribution in [0.25, 0.3) is 32.9 Å². The molecule has 4 aromatic rings. The lowest BCUT2D eigenvalue weighted by Gasteiger charge is -2.34. The average molecular weight is 527 g/mol. The minimum absolute atomic E-state index is 0.190. The number of rotatable bonds is 6. The molecule has 0 amide bonds. The summed E-state index contributed by atoms with van der Waals surface area (Å²) in [5.74, 6) is 1.46. The van der Waals surface area contributed by atoms with Gasteiger partial charge in [0, 0.05) is 36.8 Å². The average Bonchev–Trinajstić information content (AvgIpc) is 3.52. The number of likely N-dealkylation sites (N-methyl/N-ethyl adjacent to an activating group) is 1. The Morgan fingerprint density at radius 1 is 1.00 bits per heavy atom. The minimum Gasteiger partial charge on any atom is -0.508 e. The molecule has 2 aromatic carbocycles. The Balaban J connectivity index is 1.37. The molecule has 7 rings (SSSR count). The molecule has 0 aliphatic carbocycles. The first kappa shape index (κ1) is 24.4. The number of aromatic hydroxyl groups is 1. The first-order valence-electron chi connectivity index (χ1n) is 13.9. The van der Waals surface area contributed by atoms with Crippen molar-refractivity contribution in [3.05, 3.63) is 42.5 Å². The van der Waals surface area contributed by atoms with Gasteiger partial charge in [0.2, 0.25) is 5.88 Å². The van der Waals surface area contributed by atoms with Crippen LogP contribution in [0, 0.1) is 0 Å². The van der Waals surface area contributed by atoms with E-state index >= 15 is 0 Å². The molecule has 3 aliphatic heterocycles. The predicted octanol–water partition coefficient (Wildman–Crippen LogP) is 3.97. The van der Waals surface area contributed by atoms with Crippen LogP contribution >= 0.6 is 0 Å². The van der Waals surface area contributed by atoms with Gasteiger partial charge in [0.1, 0.15) is 17.9 Å². The van der Waals surface area contributed by atoms with Crippen LogP contribution in [-0.4, -0.2) is 83.5 Å². The van der Waals surface area contributed by atoms with Gasteiger partial charge in [-0.25, -0.2) is 4.98 Å². The van der Waals surface area contributed by atoms with E-state index in [1.807, 2.05) is 30.3 Å². The maximum atomic E-state index is 10.5. The molecule has 3 atom stereocenters. The van der Waals surface area contributed by atoms with Gasteiger partial charge in [0.25, 0.3) is 0 Å². The summed E-state index contributed by atoms with van der Waals surface area (Å²) < 4.78 is 12.1. The number of anilines is 1. The number of phenolic OH excluding ortho intramolecular Hbond substituents is 1. The summed E-state index contributed by atoms with van der Waals surface area (Å²) in [6, 6.07) is 15.2. The molecular weight excluding hydrogens is 492 g/mol. The van der Waals surface area contributed by atoms with Crippen molar-refractivity contribution in [3.63, 3.8) is 0 Å². The smallest absolute Gasteiger partial charge is 0.319 e. The maximum absolute atomic E-state index is 10.5. The Kier molecular flexibility index (Phi) is 6.12. The molecule has 9 nitrogen and oxygen atoms in total. The summed E-state index contributed by atoms with van der Waals surface area (Å²) in [5, 5.41) is 16.2. The Labute approximate surface area is 227 Å². The molecule has 3 saturated heterocycles. The van der Waals surface area contributed by atoms with Gasteiger partial charge in [-0.15, -0.1) is 0 Å². The van der Waals surface area contributed by atoms with Crippen molar-refractivity contribution in [2.75, 3.05) is 45.3 Å². The van der Waals surface area contributed by atoms with Crippen molar-refractivity contribution in [2.45, 2.75) is 43.8 Å². The molecule has 2 unspecified atom stereocenters. The second-order valence-electron chi connectivity index (χ2n) is 11.1. The number of fused-ring (bicyclic) bond motifs is 4. The third-order valence-corrected chi connectivity index (χ3v) is 8.52. The summed E-state index contributed by atoms with van der Waals surface area (Å²) >= 11 is 0. The van der Waals surface area contributed by atoms with E-state index in [-0.39, 0.29) is 5.75 Å². The van der Waals surface area contributed by atoms with Gasteiger partial charge >= 0.3 is 6.01 Å². The Bertz CT molecular complexity index is 1530. The lowest BCUT2D eigenvalue weighted by atomic mass is 9.98. The fourth-order valence-electron chi connectivity index (χ4n) is 6.49. The molecule has 0 radical (unpaired) electrons. The third kappa shape index (κ3) is 4.49. The zero-order chi connectivity index (χ0) is 26.5. The van der Waals surface area contributed by atoms with Gasteiger partial charge in [0.15, 0.2) is 5.82 Å². The number of nitrogens with zero attached hydrogens (tertiary/aromatic N) is 5. The Hall–Kier alpha value is -3.69. The van der Waals surface area contributed by atoms with E-state index in [4.69, 9.17) is 24.4 Å². The largest absolute Gasteiger partial charge is 0.508 e. The van der Waals surface area contributed by atoms with Crippen LogP contribution in [0.15, 0.2) is 42.5 Å². The van der Waals surface area contributed by atoms with E-state index in [1.54, 1.807) is 19.2 Å². The first-order valence-corrected chi connectivity index (χ1v) is 13.9. The molecule has 2 N–H and O–H groups in total. The van der Waals surface area contributed by atoms with Gasteiger partial charge in [-0.3, -0.25) is 0 Å². The number of hydrogen-bond donors (Lipinski definition) is 2. The number of hydrogen-bond acceptors (Lipinski definition) is 9.